The number of amides is 1. The van der Waals surface area contributed by atoms with E-state index in [4.69, 9.17) is 0 Å². The topological polar surface area (TPSA) is 81.6 Å². The normalized spacial score (nSPS) is 17.5. The largest absolute Gasteiger partial charge is 0.506 e. The van der Waals surface area contributed by atoms with Crippen LogP contribution in [0, 0.1) is 11.8 Å². The van der Waals surface area contributed by atoms with Gasteiger partial charge in [-0.25, -0.2) is 0 Å². The van der Waals surface area contributed by atoms with E-state index in [1.807, 2.05) is 6.07 Å². The Balaban J connectivity index is 1.54. The van der Waals surface area contributed by atoms with Crippen molar-refractivity contribution in [2.75, 3.05) is 38.3 Å². The number of anilines is 2. The standard InChI is InChI=1S/C29H34F3N5O2/c1-33-28(39)19-9-14-25(27(38)16-19)34-15-5-6-22-17-23-24(35-20-10-12-21(13-11-20)36(2)3)7-4-8-26(23)37(22)18-29(30,31)32/h4,7-9,14,16-17,20-21,34-35,38H,10-13,15,18H2,1-3H3,(H,33,39). The Bertz CT molecular complexity index is 1380. The van der Waals surface area contributed by atoms with E-state index in [1.165, 1.54) is 17.7 Å². The van der Waals surface area contributed by atoms with Crippen molar-refractivity contribution in [1.82, 2.24) is 14.8 Å². The van der Waals surface area contributed by atoms with Crippen LogP contribution < -0.4 is 16.0 Å². The van der Waals surface area contributed by atoms with Gasteiger partial charge in [0, 0.05) is 35.8 Å². The smallest absolute Gasteiger partial charge is 0.406 e. The summed E-state index contributed by atoms with van der Waals surface area (Å²) in [7, 11) is 5.67. The highest BCUT2D eigenvalue weighted by Crippen LogP contribution is 2.32. The Kier molecular flexibility index (Phi) is 8.60. The molecule has 0 spiro atoms. The van der Waals surface area contributed by atoms with Crippen molar-refractivity contribution >= 4 is 28.2 Å². The molecule has 4 N–H and O–H groups in total. The van der Waals surface area contributed by atoms with Crippen LogP contribution in [0.25, 0.3) is 10.9 Å². The summed E-state index contributed by atoms with van der Waals surface area (Å²) in [6, 6.07) is 12.3. The maximum Gasteiger partial charge on any atom is 0.406 e. The van der Waals surface area contributed by atoms with Gasteiger partial charge in [0.15, 0.2) is 0 Å². The highest BCUT2D eigenvalue weighted by atomic mass is 19.4. The Morgan fingerprint density at radius 1 is 1.10 bits per heavy atom. The summed E-state index contributed by atoms with van der Waals surface area (Å²) in [6.45, 7) is -1.06. The molecule has 0 atom stereocenters. The number of phenols is 1. The molecular weight excluding hydrogens is 507 g/mol. The number of fused-ring (bicyclic) bond motifs is 1. The minimum atomic E-state index is -4.41. The zero-order valence-electron chi connectivity index (χ0n) is 22.3. The number of nitrogens with zero attached hydrogens (tertiary/aromatic N) is 2. The molecule has 0 radical (unpaired) electrons. The van der Waals surface area contributed by atoms with E-state index in [9.17, 15) is 23.1 Å². The summed E-state index contributed by atoms with van der Waals surface area (Å²) in [5.74, 6) is 5.28. The summed E-state index contributed by atoms with van der Waals surface area (Å²) in [6.07, 6.45) is -0.268. The van der Waals surface area contributed by atoms with Crippen LogP contribution >= 0.6 is 0 Å². The molecule has 39 heavy (non-hydrogen) atoms. The Morgan fingerprint density at radius 2 is 1.85 bits per heavy atom. The van der Waals surface area contributed by atoms with Crippen molar-refractivity contribution in [2.24, 2.45) is 0 Å². The molecule has 0 aliphatic heterocycles. The number of benzene rings is 2. The number of aromatic hydroxyl groups is 1. The number of phenolic OH excluding ortho intramolecular Hbond substituents is 1. The lowest BCUT2D eigenvalue weighted by Crippen LogP contribution is -2.36. The zero-order valence-corrected chi connectivity index (χ0v) is 22.3. The number of hydrogen-bond donors (Lipinski definition) is 4. The SMILES string of the molecule is CNC(=O)c1ccc(NCC#Cc2cc3c(NC4CCC(N(C)C)CC4)cccc3n2CC(F)(F)F)c(O)c1. The predicted octanol–water partition coefficient (Wildman–Crippen LogP) is 5.02. The van der Waals surface area contributed by atoms with E-state index < -0.39 is 12.7 Å². The second-order valence-corrected chi connectivity index (χ2v) is 10.0. The number of rotatable bonds is 7. The van der Waals surface area contributed by atoms with Gasteiger partial charge in [0.05, 0.1) is 23.4 Å². The Labute approximate surface area is 226 Å². The average molecular weight is 542 g/mol. The van der Waals surface area contributed by atoms with E-state index in [2.05, 4.69) is 46.8 Å². The zero-order chi connectivity index (χ0) is 28.2. The van der Waals surface area contributed by atoms with Crippen molar-refractivity contribution in [2.45, 2.75) is 50.5 Å². The number of alkyl halides is 3. The number of hydrogen-bond acceptors (Lipinski definition) is 5. The number of aromatic nitrogens is 1. The first kappa shape index (κ1) is 28.2. The molecule has 2 aromatic carbocycles. The van der Waals surface area contributed by atoms with Crippen LogP contribution in [0.2, 0.25) is 0 Å². The molecule has 208 valence electrons. The van der Waals surface area contributed by atoms with Crippen LogP contribution in [-0.2, 0) is 6.54 Å². The van der Waals surface area contributed by atoms with Crippen LogP contribution in [0.1, 0.15) is 41.7 Å². The molecule has 1 fully saturated rings. The minimum absolute atomic E-state index is 0.0840. The molecule has 1 aromatic heterocycles. The second-order valence-electron chi connectivity index (χ2n) is 10.0. The van der Waals surface area contributed by atoms with Gasteiger partial charge in [0.25, 0.3) is 5.91 Å². The fourth-order valence-electron chi connectivity index (χ4n) is 5.06. The molecule has 1 amide bonds. The van der Waals surface area contributed by atoms with Gasteiger partial charge in [-0.3, -0.25) is 4.79 Å². The summed E-state index contributed by atoms with van der Waals surface area (Å²) in [5, 5.41) is 19.9. The van der Waals surface area contributed by atoms with Crippen molar-refractivity contribution in [3.05, 3.63) is 53.7 Å². The van der Waals surface area contributed by atoms with Gasteiger partial charge >= 0.3 is 6.18 Å². The van der Waals surface area contributed by atoms with E-state index in [0.29, 0.717) is 28.2 Å². The highest BCUT2D eigenvalue weighted by molar-refractivity contribution is 5.95. The quantitative estimate of drug-likeness (QED) is 0.250. The summed E-state index contributed by atoms with van der Waals surface area (Å²) < 4.78 is 41.7. The predicted molar refractivity (Wildman–Crippen MR) is 148 cm³/mol. The molecule has 1 heterocycles. The van der Waals surface area contributed by atoms with Gasteiger partial charge in [-0.1, -0.05) is 12.0 Å². The Hall–Kier alpha value is -3.84. The van der Waals surface area contributed by atoms with Gasteiger partial charge in [-0.15, -0.1) is 0 Å². The first-order valence-corrected chi connectivity index (χ1v) is 13.0. The molecule has 0 saturated heterocycles. The van der Waals surface area contributed by atoms with E-state index >= 15 is 0 Å². The molecule has 10 heteroatoms. The van der Waals surface area contributed by atoms with Gasteiger partial charge < -0.3 is 30.5 Å². The third-order valence-corrected chi connectivity index (χ3v) is 7.14. The lowest BCUT2D eigenvalue weighted by atomic mass is 9.90. The van der Waals surface area contributed by atoms with Crippen LogP contribution in [0.5, 0.6) is 5.75 Å². The fraction of sp³-hybridized carbons (Fsp3) is 0.414. The van der Waals surface area contributed by atoms with Crippen LogP contribution in [-0.4, -0.2) is 66.4 Å². The van der Waals surface area contributed by atoms with Gasteiger partial charge in [0.2, 0.25) is 0 Å². The van der Waals surface area contributed by atoms with Crippen LogP contribution in [0.15, 0.2) is 42.5 Å². The molecule has 4 rings (SSSR count). The molecule has 1 saturated carbocycles. The molecule has 7 nitrogen and oxygen atoms in total. The lowest BCUT2D eigenvalue weighted by Gasteiger charge is -2.33. The lowest BCUT2D eigenvalue weighted by molar-refractivity contribution is -0.140. The second kappa shape index (κ2) is 11.9. The minimum Gasteiger partial charge on any atom is -0.506 e. The summed E-state index contributed by atoms with van der Waals surface area (Å²) in [5.41, 5.74) is 2.21. The third-order valence-electron chi connectivity index (χ3n) is 7.14. The van der Waals surface area contributed by atoms with Gasteiger partial charge in [0.1, 0.15) is 12.3 Å². The van der Waals surface area contributed by atoms with E-state index in [0.717, 1.165) is 31.4 Å². The molecule has 0 bridgehead atoms. The third kappa shape index (κ3) is 6.98. The van der Waals surface area contributed by atoms with Gasteiger partial charge in [-0.2, -0.15) is 13.2 Å². The van der Waals surface area contributed by atoms with Crippen molar-refractivity contribution in [3.63, 3.8) is 0 Å². The average Bonchev–Trinajstić information content (AvgIpc) is 3.23. The highest BCUT2D eigenvalue weighted by Gasteiger charge is 2.30. The fourth-order valence-corrected chi connectivity index (χ4v) is 5.06. The van der Waals surface area contributed by atoms with Crippen molar-refractivity contribution in [1.29, 1.82) is 0 Å². The molecule has 1 aliphatic carbocycles. The first-order chi connectivity index (χ1) is 18.6. The first-order valence-electron chi connectivity index (χ1n) is 13.0. The molecule has 1 aliphatic rings. The van der Waals surface area contributed by atoms with Crippen LogP contribution in [0.3, 0.4) is 0 Å². The molecule has 3 aromatic rings. The molecule has 0 unspecified atom stereocenters. The maximum absolute atomic E-state index is 13.5. The molecular formula is C29H34F3N5O2. The van der Waals surface area contributed by atoms with E-state index in [1.54, 1.807) is 30.3 Å². The number of carbonyl (C=O) groups excluding carboxylic acids is 1. The number of carbonyl (C=O) groups is 1. The monoisotopic (exact) mass is 541 g/mol. The van der Waals surface area contributed by atoms with Crippen molar-refractivity contribution in [3.8, 4) is 17.6 Å². The Morgan fingerprint density at radius 3 is 2.49 bits per heavy atom. The number of nitrogens with one attached hydrogen (secondary N) is 3. The maximum atomic E-state index is 13.5. The van der Waals surface area contributed by atoms with Gasteiger partial charge in [-0.05, 0) is 82.1 Å². The van der Waals surface area contributed by atoms with Crippen molar-refractivity contribution < 1.29 is 23.1 Å². The van der Waals surface area contributed by atoms with Crippen LogP contribution in [0.4, 0.5) is 24.5 Å². The summed E-state index contributed by atoms with van der Waals surface area (Å²) >= 11 is 0. The number of halogens is 3. The summed E-state index contributed by atoms with van der Waals surface area (Å²) in [4.78, 5) is 14.0. The van der Waals surface area contributed by atoms with E-state index in [-0.39, 0.29) is 29.9 Å².